The molecular weight excluding hydrogens is 404 g/mol. The largest absolute Gasteiger partial charge is 0.489 e. The Morgan fingerprint density at radius 1 is 1.32 bits per heavy atom. The Hall–Kier alpha value is -2.12. The second kappa shape index (κ2) is 7.84. The minimum absolute atomic E-state index is 0.132. The monoisotopic (exact) mass is 420 g/mol. The van der Waals surface area contributed by atoms with Crippen molar-refractivity contribution in [3.63, 3.8) is 0 Å². The number of halogens is 1. The summed E-state index contributed by atoms with van der Waals surface area (Å²) in [6.07, 6.45) is 0. The van der Waals surface area contributed by atoms with Crippen LogP contribution in [0.4, 0.5) is 0 Å². The van der Waals surface area contributed by atoms with Gasteiger partial charge in [-0.05, 0) is 60.1 Å². The molecule has 0 atom stereocenters. The number of aromatic nitrogens is 1. The first-order valence-corrected chi connectivity index (χ1v) is 9.31. The van der Waals surface area contributed by atoms with Gasteiger partial charge in [0, 0.05) is 10.4 Å². The summed E-state index contributed by atoms with van der Waals surface area (Å²) in [6.45, 7) is 4.59. The van der Waals surface area contributed by atoms with Gasteiger partial charge < -0.3 is 14.6 Å². The lowest BCUT2D eigenvalue weighted by molar-refractivity contribution is 0.0951. The van der Waals surface area contributed by atoms with Crippen molar-refractivity contribution in [1.82, 2.24) is 10.5 Å². The molecule has 3 aromatic rings. The maximum absolute atomic E-state index is 12.3. The SMILES string of the molecule is Cc1noc(C)c1COc1cccc(C(=O)NCc2ccc(Br)s2)c1. The van der Waals surface area contributed by atoms with E-state index >= 15 is 0 Å². The van der Waals surface area contributed by atoms with E-state index in [4.69, 9.17) is 9.26 Å². The summed E-state index contributed by atoms with van der Waals surface area (Å²) in [6, 6.07) is 11.1. The maximum atomic E-state index is 12.3. The van der Waals surface area contributed by atoms with Crippen molar-refractivity contribution in [1.29, 1.82) is 0 Å². The van der Waals surface area contributed by atoms with Crippen molar-refractivity contribution in [2.45, 2.75) is 27.0 Å². The molecule has 0 aliphatic carbocycles. The third-order valence-electron chi connectivity index (χ3n) is 3.71. The zero-order valence-corrected chi connectivity index (χ0v) is 16.2. The number of rotatable bonds is 6. The fourth-order valence-corrected chi connectivity index (χ4v) is 3.73. The summed E-state index contributed by atoms with van der Waals surface area (Å²) >= 11 is 5.02. The molecule has 0 aliphatic rings. The molecule has 0 radical (unpaired) electrons. The van der Waals surface area contributed by atoms with Gasteiger partial charge in [0.15, 0.2) is 0 Å². The first-order chi connectivity index (χ1) is 12.0. The minimum atomic E-state index is -0.132. The van der Waals surface area contributed by atoms with E-state index in [1.165, 1.54) is 0 Å². The quantitative estimate of drug-likeness (QED) is 0.631. The number of amides is 1. The van der Waals surface area contributed by atoms with Crippen LogP contribution < -0.4 is 10.1 Å². The van der Waals surface area contributed by atoms with Crippen LogP contribution in [-0.2, 0) is 13.2 Å². The number of benzene rings is 1. The lowest BCUT2D eigenvalue weighted by atomic mass is 10.2. The van der Waals surface area contributed by atoms with Crippen LogP contribution in [0, 0.1) is 13.8 Å². The number of nitrogens with zero attached hydrogens (tertiary/aromatic N) is 1. The molecule has 2 heterocycles. The fourth-order valence-electron chi connectivity index (χ4n) is 2.31. The molecular formula is C18H17BrN2O3S. The Bertz CT molecular complexity index is 869. The smallest absolute Gasteiger partial charge is 0.251 e. The number of hydrogen-bond acceptors (Lipinski definition) is 5. The summed E-state index contributed by atoms with van der Waals surface area (Å²) in [4.78, 5) is 13.4. The number of carbonyl (C=O) groups is 1. The van der Waals surface area contributed by atoms with E-state index in [0.29, 0.717) is 24.5 Å². The van der Waals surface area contributed by atoms with E-state index in [-0.39, 0.29) is 5.91 Å². The third kappa shape index (κ3) is 4.49. The highest BCUT2D eigenvalue weighted by Crippen LogP contribution is 2.22. The van der Waals surface area contributed by atoms with Crippen LogP contribution in [0.1, 0.15) is 32.3 Å². The van der Waals surface area contributed by atoms with E-state index in [0.717, 1.165) is 25.7 Å². The van der Waals surface area contributed by atoms with Gasteiger partial charge >= 0.3 is 0 Å². The van der Waals surface area contributed by atoms with Crippen LogP contribution in [0.3, 0.4) is 0 Å². The van der Waals surface area contributed by atoms with Crippen molar-refractivity contribution in [2.24, 2.45) is 0 Å². The number of thiophene rings is 1. The van der Waals surface area contributed by atoms with Gasteiger partial charge in [-0.15, -0.1) is 11.3 Å². The van der Waals surface area contributed by atoms with Gasteiger partial charge in [-0.3, -0.25) is 4.79 Å². The van der Waals surface area contributed by atoms with Crippen LogP contribution in [0.2, 0.25) is 0 Å². The van der Waals surface area contributed by atoms with Crippen molar-refractivity contribution in [3.05, 3.63) is 67.6 Å². The Labute approximate surface area is 158 Å². The molecule has 1 N–H and O–H groups in total. The van der Waals surface area contributed by atoms with Crippen LogP contribution in [0.25, 0.3) is 0 Å². The standard InChI is InChI=1S/C18H17BrN2O3S/c1-11-16(12(2)24-21-11)10-23-14-5-3-4-13(8-14)18(22)20-9-15-6-7-17(19)25-15/h3-8H,9-10H2,1-2H3,(H,20,22). The van der Waals surface area contributed by atoms with Crippen LogP contribution in [0.5, 0.6) is 5.75 Å². The molecule has 0 saturated carbocycles. The fraction of sp³-hybridized carbons (Fsp3) is 0.222. The molecule has 0 aliphatic heterocycles. The van der Waals surface area contributed by atoms with E-state index in [1.54, 1.807) is 29.5 Å². The average molecular weight is 421 g/mol. The molecule has 7 heteroatoms. The molecule has 25 heavy (non-hydrogen) atoms. The first-order valence-electron chi connectivity index (χ1n) is 7.70. The van der Waals surface area contributed by atoms with E-state index < -0.39 is 0 Å². The molecule has 0 fully saturated rings. The number of ether oxygens (including phenoxy) is 1. The maximum Gasteiger partial charge on any atom is 0.251 e. The summed E-state index contributed by atoms with van der Waals surface area (Å²) in [5.41, 5.74) is 2.30. The first kappa shape index (κ1) is 17.7. The minimum Gasteiger partial charge on any atom is -0.489 e. The molecule has 5 nitrogen and oxygen atoms in total. The molecule has 0 unspecified atom stereocenters. The molecule has 2 aromatic heterocycles. The predicted molar refractivity (Wildman–Crippen MR) is 99.9 cm³/mol. The van der Waals surface area contributed by atoms with Crippen LogP contribution >= 0.6 is 27.3 Å². The average Bonchev–Trinajstić information content (AvgIpc) is 3.17. The lowest BCUT2D eigenvalue weighted by Crippen LogP contribution is -2.22. The van der Waals surface area contributed by atoms with Crippen molar-refractivity contribution in [2.75, 3.05) is 0 Å². The molecule has 0 saturated heterocycles. The highest BCUT2D eigenvalue weighted by Gasteiger charge is 2.11. The van der Waals surface area contributed by atoms with Gasteiger partial charge in [-0.1, -0.05) is 11.2 Å². The highest BCUT2D eigenvalue weighted by atomic mass is 79.9. The van der Waals surface area contributed by atoms with Gasteiger partial charge in [-0.2, -0.15) is 0 Å². The van der Waals surface area contributed by atoms with Crippen LogP contribution in [-0.4, -0.2) is 11.1 Å². The van der Waals surface area contributed by atoms with E-state index in [2.05, 4.69) is 26.4 Å². The van der Waals surface area contributed by atoms with Gasteiger partial charge in [0.2, 0.25) is 0 Å². The Morgan fingerprint density at radius 3 is 2.84 bits per heavy atom. The third-order valence-corrected chi connectivity index (χ3v) is 5.34. The van der Waals surface area contributed by atoms with Crippen molar-refractivity contribution < 1.29 is 14.1 Å². The molecule has 0 spiro atoms. The summed E-state index contributed by atoms with van der Waals surface area (Å²) < 4.78 is 12.0. The van der Waals surface area contributed by atoms with Gasteiger partial charge in [0.05, 0.1) is 21.6 Å². The normalized spacial score (nSPS) is 10.7. The topological polar surface area (TPSA) is 64.4 Å². The molecule has 3 rings (SSSR count). The number of carbonyl (C=O) groups excluding carboxylic acids is 1. The summed E-state index contributed by atoms with van der Waals surface area (Å²) in [5, 5.41) is 6.82. The molecule has 1 amide bonds. The number of aryl methyl sites for hydroxylation is 2. The van der Waals surface area contributed by atoms with Crippen molar-refractivity contribution >= 4 is 33.2 Å². The summed E-state index contributed by atoms with van der Waals surface area (Å²) in [7, 11) is 0. The van der Waals surface area contributed by atoms with Crippen LogP contribution in [0.15, 0.2) is 44.7 Å². The predicted octanol–water partition coefficient (Wildman–Crippen LogP) is 4.62. The molecule has 130 valence electrons. The second-order valence-electron chi connectivity index (χ2n) is 5.51. The van der Waals surface area contributed by atoms with E-state index in [9.17, 15) is 4.79 Å². The Morgan fingerprint density at radius 2 is 2.16 bits per heavy atom. The second-order valence-corrected chi connectivity index (χ2v) is 8.06. The zero-order chi connectivity index (χ0) is 17.8. The van der Waals surface area contributed by atoms with Gasteiger partial charge in [0.1, 0.15) is 18.1 Å². The van der Waals surface area contributed by atoms with Gasteiger partial charge in [0.25, 0.3) is 5.91 Å². The van der Waals surface area contributed by atoms with Gasteiger partial charge in [-0.25, -0.2) is 0 Å². The van der Waals surface area contributed by atoms with Crippen molar-refractivity contribution in [3.8, 4) is 5.75 Å². The summed E-state index contributed by atoms with van der Waals surface area (Å²) in [5.74, 6) is 1.24. The lowest BCUT2D eigenvalue weighted by Gasteiger charge is -2.08. The highest BCUT2D eigenvalue weighted by molar-refractivity contribution is 9.11. The Kier molecular flexibility index (Phi) is 5.55. The zero-order valence-electron chi connectivity index (χ0n) is 13.8. The Balaban J connectivity index is 1.61. The number of hydrogen-bond donors (Lipinski definition) is 1. The molecule has 1 aromatic carbocycles. The van der Waals surface area contributed by atoms with E-state index in [1.807, 2.05) is 32.0 Å². The number of nitrogens with one attached hydrogen (secondary N) is 1. The molecule has 0 bridgehead atoms.